The lowest BCUT2D eigenvalue weighted by atomic mass is 9.85. The van der Waals surface area contributed by atoms with Crippen LogP contribution in [0.2, 0.25) is 0 Å². The van der Waals surface area contributed by atoms with Gasteiger partial charge in [0, 0.05) is 5.69 Å². The van der Waals surface area contributed by atoms with E-state index in [1.165, 1.54) is 0 Å². The molecule has 1 amide bonds. The predicted octanol–water partition coefficient (Wildman–Crippen LogP) is 3.30. The zero-order valence-corrected chi connectivity index (χ0v) is 14.8. The van der Waals surface area contributed by atoms with Crippen LogP contribution in [0.4, 0.5) is 5.69 Å². The highest BCUT2D eigenvalue weighted by Crippen LogP contribution is 2.35. The van der Waals surface area contributed by atoms with Gasteiger partial charge in [0.2, 0.25) is 5.91 Å². The van der Waals surface area contributed by atoms with Crippen molar-refractivity contribution in [1.82, 2.24) is 0 Å². The Hall–Kier alpha value is -3.08. The number of rotatable bonds is 6. The number of β-lactam (4-membered cyclic amide) rings is 1. The summed E-state index contributed by atoms with van der Waals surface area (Å²) in [6.45, 7) is 1.98. The molecule has 1 fully saturated rings. The fraction of sp³-hybridized carbons (Fsp3) is 0.238. The van der Waals surface area contributed by atoms with Crippen molar-refractivity contribution in [3.8, 4) is 5.75 Å². The third-order valence-electron chi connectivity index (χ3n) is 4.32. The van der Waals surface area contributed by atoms with Gasteiger partial charge in [-0.1, -0.05) is 42.5 Å². The van der Waals surface area contributed by atoms with Gasteiger partial charge >= 0.3 is 5.97 Å². The van der Waals surface area contributed by atoms with Crippen molar-refractivity contribution in [2.24, 2.45) is 5.92 Å². The fourth-order valence-corrected chi connectivity index (χ4v) is 3.00. The molecule has 0 aliphatic carbocycles. The summed E-state index contributed by atoms with van der Waals surface area (Å²) < 4.78 is 10.2. The normalized spacial score (nSPS) is 19.3. The van der Waals surface area contributed by atoms with E-state index >= 15 is 0 Å². The van der Waals surface area contributed by atoms with Gasteiger partial charge in [0.1, 0.15) is 5.75 Å². The molecule has 1 heterocycles. The Labute approximate surface area is 152 Å². The Balaban J connectivity index is 1.87. The van der Waals surface area contributed by atoms with Crippen molar-refractivity contribution in [3.63, 3.8) is 0 Å². The summed E-state index contributed by atoms with van der Waals surface area (Å²) in [6.07, 6.45) is 3.79. The van der Waals surface area contributed by atoms with Crippen LogP contribution < -0.4 is 9.64 Å². The highest BCUT2D eigenvalue weighted by molar-refractivity contribution is 6.14. The number of amides is 1. The Morgan fingerprint density at radius 2 is 1.81 bits per heavy atom. The average Bonchev–Trinajstić information content (AvgIpc) is 2.66. The molecule has 1 aliphatic heterocycles. The lowest BCUT2D eigenvalue weighted by molar-refractivity contribution is -0.155. The van der Waals surface area contributed by atoms with Gasteiger partial charge in [0.25, 0.3) is 0 Å². The van der Waals surface area contributed by atoms with E-state index in [1.807, 2.05) is 54.6 Å². The molecule has 5 heteroatoms. The van der Waals surface area contributed by atoms with Gasteiger partial charge < -0.3 is 14.4 Å². The first-order valence-corrected chi connectivity index (χ1v) is 8.52. The highest BCUT2D eigenvalue weighted by atomic mass is 16.5. The molecule has 134 valence electrons. The molecule has 0 bridgehead atoms. The molecule has 0 N–H and O–H groups in total. The number of anilines is 1. The van der Waals surface area contributed by atoms with Crippen molar-refractivity contribution in [2.75, 3.05) is 18.6 Å². The van der Waals surface area contributed by atoms with Crippen LogP contribution in [0.15, 0.2) is 60.7 Å². The summed E-state index contributed by atoms with van der Waals surface area (Å²) in [7, 11) is 1.59. The lowest BCUT2D eigenvalue weighted by Crippen LogP contribution is -2.63. The van der Waals surface area contributed by atoms with Gasteiger partial charge in [0.15, 0.2) is 5.92 Å². The number of hydrogen-bond acceptors (Lipinski definition) is 4. The lowest BCUT2D eigenvalue weighted by Gasteiger charge is -2.44. The molecule has 2 atom stereocenters. The maximum absolute atomic E-state index is 12.6. The van der Waals surface area contributed by atoms with Crippen LogP contribution in [-0.2, 0) is 14.3 Å². The standard InChI is InChI=1S/C21H21NO4/c1-3-26-21(24)19-18(14-9-15-7-5-4-6-8-15)22(20(19)23)16-10-12-17(25-2)13-11-16/h4-14,18-19H,3H2,1-2H3/b14-9+/t18-,19-/m0/s1. The highest BCUT2D eigenvalue weighted by Gasteiger charge is 2.51. The minimum absolute atomic E-state index is 0.250. The van der Waals surface area contributed by atoms with Gasteiger partial charge in [-0.2, -0.15) is 0 Å². The van der Waals surface area contributed by atoms with Crippen molar-refractivity contribution in [1.29, 1.82) is 0 Å². The van der Waals surface area contributed by atoms with E-state index in [0.29, 0.717) is 5.75 Å². The largest absolute Gasteiger partial charge is 0.497 e. The van der Waals surface area contributed by atoms with Crippen LogP contribution in [0.25, 0.3) is 6.08 Å². The Kier molecular flexibility index (Phi) is 5.37. The third-order valence-corrected chi connectivity index (χ3v) is 4.32. The number of carbonyl (C=O) groups is 2. The number of esters is 1. The van der Waals surface area contributed by atoms with E-state index in [2.05, 4.69) is 0 Å². The molecule has 0 saturated carbocycles. The van der Waals surface area contributed by atoms with Gasteiger partial charge in [-0.3, -0.25) is 9.59 Å². The Morgan fingerprint density at radius 1 is 1.12 bits per heavy atom. The molecule has 2 aromatic rings. The van der Waals surface area contributed by atoms with Gasteiger partial charge in [-0.15, -0.1) is 0 Å². The molecule has 2 aromatic carbocycles. The van der Waals surface area contributed by atoms with E-state index in [-0.39, 0.29) is 18.6 Å². The smallest absolute Gasteiger partial charge is 0.321 e. The van der Waals surface area contributed by atoms with E-state index in [4.69, 9.17) is 9.47 Å². The number of carbonyl (C=O) groups excluding carboxylic acids is 2. The zero-order chi connectivity index (χ0) is 18.5. The van der Waals surface area contributed by atoms with Crippen molar-refractivity contribution in [2.45, 2.75) is 13.0 Å². The number of benzene rings is 2. The van der Waals surface area contributed by atoms with Crippen LogP contribution in [0.1, 0.15) is 12.5 Å². The minimum atomic E-state index is -0.808. The SMILES string of the molecule is CCOC(=O)[C@@H]1C(=O)N(c2ccc(OC)cc2)[C@H]1/C=C/c1ccccc1. The topological polar surface area (TPSA) is 55.8 Å². The first-order chi connectivity index (χ1) is 12.7. The molecule has 0 aromatic heterocycles. The van der Waals surface area contributed by atoms with Gasteiger partial charge in [-0.25, -0.2) is 0 Å². The van der Waals surface area contributed by atoms with E-state index in [1.54, 1.807) is 31.1 Å². The quantitative estimate of drug-likeness (QED) is 0.455. The molecule has 0 spiro atoms. The molecule has 0 unspecified atom stereocenters. The van der Waals surface area contributed by atoms with Gasteiger partial charge in [0.05, 0.1) is 19.8 Å². The first-order valence-electron chi connectivity index (χ1n) is 8.52. The summed E-state index contributed by atoms with van der Waals surface area (Å²) >= 11 is 0. The van der Waals surface area contributed by atoms with E-state index in [0.717, 1.165) is 11.3 Å². The second-order valence-corrected chi connectivity index (χ2v) is 5.90. The molecule has 5 nitrogen and oxygen atoms in total. The van der Waals surface area contributed by atoms with Crippen LogP contribution >= 0.6 is 0 Å². The van der Waals surface area contributed by atoms with Crippen LogP contribution in [0, 0.1) is 5.92 Å². The molecular formula is C21H21NO4. The van der Waals surface area contributed by atoms with Crippen molar-refractivity contribution in [3.05, 3.63) is 66.2 Å². The monoisotopic (exact) mass is 351 g/mol. The molecule has 26 heavy (non-hydrogen) atoms. The molecule has 1 saturated heterocycles. The number of nitrogens with zero attached hydrogens (tertiary/aromatic N) is 1. The molecule has 0 radical (unpaired) electrons. The minimum Gasteiger partial charge on any atom is -0.497 e. The molecule has 1 aliphatic rings. The maximum atomic E-state index is 12.6. The van der Waals surface area contributed by atoms with Crippen LogP contribution in [0.5, 0.6) is 5.75 Å². The summed E-state index contributed by atoms with van der Waals surface area (Å²) in [5, 5.41) is 0. The van der Waals surface area contributed by atoms with E-state index in [9.17, 15) is 9.59 Å². The first kappa shape index (κ1) is 17.7. The second-order valence-electron chi connectivity index (χ2n) is 5.90. The van der Waals surface area contributed by atoms with Crippen LogP contribution in [-0.4, -0.2) is 31.6 Å². The summed E-state index contributed by atoms with van der Waals surface area (Å²) in [5.41, 5.74) is 1.73. The number of hydrogen-bond donors (Lipinski definition) is 0. The summed E-state index contributed by atoms with van der Waals surface area (Å²) in [4.78, 5) is 26.4. The Morgan fingerprint density at radius 3 is 2.42 bits per heavy atom. The average molecular weight is 351 g/mol. The Bertz CT molecular complexity index is 799. The maximum Gasteiger partial charge on any atom is 0.321 e. The third kappa shape index (κ3) is 3.47. The molecular weight excluding hydrogens is 330 g/mol. The number of methoxy groups -OCH3 is 1. The van der Waals surface area contributed by atoms with E-state index < -0.39 is 11.9 Å². The van der Waals surface area contributed by atoms with Gasteiger partial charge in [-0.05, 0) is 36.8 Å². The molecule has 3 rings (SSSR count). The van der Waals surface area contributed by atoms with Crippen molar-refractivity contribution >= 4 is 23.6 Å². The zero-order valence-electron chi connectivity index (χ0n) is 14.8. The predicted molar refractivity (Wildman–Crippen MR) is 99.9 cm³/mol. The number of ether oxygens (including phenoxy) is 2. The summed E-state index contributed by atoms with van der Waals surface area (Å²) in [6, 6.07) is 16.6. The van der Waals surface area contributed by atoms with Crippen LogP contribution in [0.3, 0.4) is 0 Å². The summed E-state index contributed by atoms with van der Waals surface area (Å²) in [5.74, 6) is -0.835. The second kappa shape index (κ2) is 7.87. The fourth-order valence-electron chi connectivity index (χ4n) is 3.00. The van der Waals surface area contributed by atoms with Crippen molar-refractivity contribution < 1.29 is 19.1 Å².